The molecule has 2 rings (SSSR count). The molecule has 0 bridgehead atoms. The van der Waals surface area contributed by atoms with Gasteiger partial charge in [0.1, 0.15) is 5.82 Å². The van der Waals surface area contributed by atoms with Gasteiger partial charge in [0.05, 0.1) is 12.1 Å². The van der Waals surface area contributed by atoms with Gasteiger partial charge in [-0.3, -0.25) is 0 Å². The summed E-state index contributed by atoms with van der Waals surface area (Å²) in [6.45, 7) is 3.54. The average Bonchev–Trinajstić information content (AvgIpc) is 2.93. The topological polar surface area (TPSA) is 90.0 Å². The van der Waals surface area contributed by atoms with Gasteiger partial charge in [0.25, 0.3) is 0 Å². The zero-order valence-corrected chi connectivity index (χ0v) is 11.4. The van der Waals surface area contributed by atoms with Crippen LogP contribution in [0.15, 0.2) is 36.7 Å². The molecule has 0 aliphatic heterocycles. The van der Waals surface area contributed by atoms with E-state index in [1.807, 2.05) is 6.92 Å². The number of carbonyl (C=O) groups excluding carboxylic acids is 1. The van der Waals surface area contributed by atoms with Crippen LogP contribution in [0.25, 0.3) is 0 Å². The van der Waals surface area contributed by atoms with Gasteiger partial charge >= 0.3 is 6.03 Å². The van der Waals surface area contributed by atoms with Gasteiger partial charge in [-0.05, 0) is 31.5 Å². The Morgan fingerprint density at radius 2 is 2.00 bits per heavy atom. The molecule has 0 radical (unpaired) electrons. The lowest BCUT2D eigenvalue weighted by atomic mass is 10.1. The zero-order valence-electron chi connectivity index (χ0n) is 11.4. The minimum absolute atomic E-state index is 0.207. The zero-order chi connectivity index (χ0) is 14.5. The third-order valence-electron chi connectivity index (χ3n) is 2.93. The van der Waals surface area contributed by atoms with Crippen molar-refractivity contribution in [2.75, 3.05) is 5.32 Å². The molecule has 4 N–H and O–H groups in total. The van der Waals surface area contributed by atoms with Crippen LogP contribution in [0, 0.1) is 0 Å². The second-order valence-corrected chi connectivity index (χ2v) is 4.59. The van der Waals surface area contributed by atoms with E-state index < -0.39 is 6.10 Å². The van der Waals surface area contributed by atoms with Gasteiger partial charge in [-0.2, -0.15) is 0 Å². The number of carbonyl (C=O) groups is 1. The number of rotatable bonds is 4. The van der Waals surface area contributed by atoms with E-state index in [0.29, 0.717) is 11.5 Å². The molecule has 0 aliphatic rings. The lowest BCUT2D eigenvalue weighted by Crippen LogP contribution is -2.31. The molecule has 6 nitrogen and oxygen atoms in total. The van der Waals surface area contributed by atoms with Gasteiger partial charge in [-0.15, -0.1) is 0 Å². The van der Waals surface area contributed by atoms with Crippen molar-refractivity contribution in [3.63, 3.8) is 0 Å². The Kier molecular flexibility index (Phi) is 4.37. The minimum atomic E-state index is -0.517. The quantitative estimate of drug-likeness (QED) is 0.690. The van der Waals surface area contributed by atoms with Gasteiger partial charge < -0.3 is 20.7 Å². The normalized spacial score (nSPS) is 13.6. The van der Waals surface area contributed by atoms with Crippen molar-refractivity contribution in [1.29, 1.82) is 0 Å². The molecule has 0 saturated carbocycles. The predicted molar refractivity (Wildman–Crippen MR) is 76.2 cm³/mol. The van der Waals surface area contributed by atoms with Gasteiger partial charge in [0.15, 0.2) is 0 Å². The SMILES string of the molecule is CC(O)c1ccc(NC(=O)NC(C)c2ncc[nH]2)cc1. The average molecular weight is 274 g/mol. The Labute approximate surface area is 117 Å². The lowest BCUT2D eigenvalue weighted by molar-refractivity contribution is 0.199. The highest BCUT2D eigenvalue weighted by molar-refractivity contribution is 5.89. The Morgan fingerprint density at radius 1 is 1.30 bits per heavy atom. The van der Waals surface area contributed by atoms with Crippen LogP contribution in [-0.4, -0.2) is 21.1 Å². The number of imidazole rings is 1. The summed E-state index contributed by atoms with van der Waals surface area (Å²) in [7, 11) is 0. The van der Waals surface area contributed by atoms with Crippen molar-refractivity contribution in [1.82, 2.24) is 15.3 Å². The summed E-state index contributed by atoms with van der Waals surface area (Å²) in [5, 5.41) is 14.9. The molecule has 0 saturated heterocycles. The second-order valence-electron chi connectivity index (χ2n) is 4.59. The van der Waals surface area contributed by atoms with Crippen LogP contribution in [0.4, 0.5) is 10.5 Å². The molecule has 2 unspecified atom stereocenters. The van der Waals surface area contributed by atoms with Crippen molar-refractivity contribution in [3.05, 3.63) is 48.0 Å². The number of benzene rings is 1. The molecule has 1 heterocycles. The van der Waals surface area contributed by atoms with Crippen LogP contribution in [0.1, 0.15) is 37.4 Å². The number of urea groups is 1. The van der Waals surface area contributed by atoms with E-state index in [4.69, 9.17) is 0 Å². The van der Waals surface area contributed by atoms with E-state index in [1.54, 1.807) is 43.6 Å². The minimum Gasteiger partial charge on any atom is -0.389 e. The fourth-order valence-corrected chi connectivity index (χ4v) is 1.79. The lowest BCUT2D eigenvalue weighted by Gasteiger charge is -2.13. The standard InChI is InChI=1S/C14H18N4O2/c1-9(13-15-7-8-16-13)17-14(20)18-12-5-3-11(4-6-12)10(2)19/h3-10,19H,1-2H3,(H,15,16)(H2,17,18,20). The summed E-state index contributed by atoms with van der Waals surface area (Å²) < 4.78 is 0. The van der Waals surface area contributed by atoms with E-state index in [1.165, 1.54) is 0 Å². The van der Waals surface area contributed by atoms with Crippen molar-refractivity contribution in [3.8, 4) is 0 Å². The van der Waals surface area contributed by atoms with Crippen molar-refractivity contribution in [2.45, 2.75) is 26.0 Å². The first-order valence-electron chi connectivity index (χ1n) is 6.41. The Balaban J connectivity index is 1.91. The highest BCUT2D eigenvalue weighted by Crippen LogP contribution is 2.15. The van der Waals surface area contributed by atoms with Crippen LogP contribution in [0.3, 0.4) is 0 Å². The first-order chi connectivity index (χ1) is 9.56. The van der Waals surface area contributed by atoms with Crippen LogP contribution >= 0.6 is 0 Å². The third kappa shape index (κ3) is 3.58. The molecule has 2 amide bonds. The Bertz CT molecular complexity index is 549. The molecule has 6 heteroatoms. The van der Waals surface area contributed by atoms with Crippen molar-refractivity contribution >= 4 is 11.7 Å². The summed E-state index contributed by atoms with van der Waals surface area (Å²) in [5.41, 5.74) is 1.47. The monoisotopic (exact) mass is 274 g/mol. The molecule has 0 fully saturated rings. The third-order valence-corrected chi connectivity index (χ3v) is 2.93. The van der Waals surface area contributed by atoms with Gasteiger partial charge in [0, 0.05) is 18.1 Å². The number of anilines is 1. The maximum Gasteiger partial charge on any atom is 0.319 e. The van der Waals surface area contributed by atoms with E-state index >= 15 is 0 Å². The molecular formula is C14H18N4O2. The summed E-state index contributed by atoms with van der Waals surface area (Å²) in [4.78, 5) is 18.8. The number of aliphatic hydroxyl groups is 1. The molecular weight excluding hydrogens is 256 g/mol. The number of aliphatic hydroxyl groups excluding tert-OH is 1. The van der Waals surface area contributed by atoms with Gasteiger partial charge in [-0.25, -0.2) is 9.78 Å². The number of H-pyrrole nitrogens is 1. The maximum absolute atomic E-state index is 11.8. The van der Waals surface area contributed by atoms with Crippen molar-refractivity contribution in [2.24, 2.45) is 0 Å². The largest absolute Gasteiger partial charge is 0.389 e. The highest BCUT2D eigenvalue weighted by atomic mass is 16.3. The van der Waals surface area contributed by atoms with Gasteiger partial charge in [0.2, 0.25) is 0 Å². The molecule has 20 heavy (non-hydrogen) atoms. The number of nitrogens with zero attached hydrogens (tertiary/aromatic N) is 1. The number of aromatic amines is 1. The molecule has 2 atom stereocenters. The summed E-state index contributed by atoms with van der Waals surface area (Å²) in [5.74, 6) is 0.699. The van der Waals surface area contributed by atoms with E-state index in [9.17, 15) is 9.90 Å². The molecule has 0 aliphatic carbocycles. The van der Waals surface area contributed by atoms with Crippen LogP contribution in [0.5, 0.6) is 0 Å². The molecule has 2 aromatic rings. The fourth-order valence-electron chi connectivity index (χ4n) is 1.79. The van der Waals surface area contributed by atoms with Crippen LogP contribution < -0.4 is 10.6 Å². The van der Waals surface area contributed by atoms with Crippen LogP contribution in [0.2, 0.25) is 0 Å². The maximum atomic E-state index is 11.8. The number of aromatic nitrogens is 2. The van der Waals surface area contributed by atoms with E-state index in [-0.39, 0.29) is 12.1 Å². The summed E-state index contributed by atoms with van der Waals surface area (Å²) >= 11 is 0. The highest BCUT2D eigenvalue weighted by Gasteiger charge is 2.11. The second kappa shape index (κ2) is 6.21. The van der Waals surface area contributed by atoms with Crippen molar-refractivity contribution < 1.29 is 9.90 Å². The number of hydrogen-bond acceptors (Lipinski definition) is 3. The first-order valence-corrected chi connectivity index (χ1v) is 6.41. The molecule has 106 valence electrons. The number of nitrogens with one attached hydrogen (secondary N) is 3. The number of amides is 2. The smallest absolute Gasteiger partial charge is 0.319 e. The molecule has 1 aromatic heterocycles. The number of hydrogen-bond donors (Lipinski definition) is 4. The predicted octanol–water partition coefficient (Wildman–Crippen LogP) is 2.35. The molecule has 0 spiro atoms. The van der Waals surface area contributed by atoms with E-state index in [2.05, 4.69) is 20.6 Å². The first kappa shape index (κ1) is 14.1. The van der Waals surface area contributed by atoms with E-state index in [0.717, 1.165) is 5.56 Å². The fraction of sp³-hybridized carbons (Fsp3) is 0.286. The summed E-state index contributed by atoms with van der Waals surface area (Å²) in [6.07, 6.45) is 2.83. The van der Waals surface area contributed by atoms with Gasteiger partial charge in [-0.1, -0.05) is 12.1 Å². The Hall–Kier alpha value is -2.34. The molecule has 1 aromatic carbocycles. The Morgan fingerprint density at radius 3 is 2.55 bits per heavy atom. The van der Waals surface area contributed by atoms with Crippen LogP contribution in [-0.2, 0) is 0 Å². The summed E-state index contributed by atoms with van der Waals surface area (Å²) in [6, 6.07) is 6.53.